The van der Waals surface area contributed by atoms with E-state index in [0.717, 1.165) is 37.7 Å². The number of hydrogen-bond acceptors (Lipinski definition) is 3. The standard InChI is InChI=1S/C15H22ClN3S/c1-15(2,14(17)20)19-9-7-18(8-10-19)11-12-5-3-4-6-13(12)16/h3-6H,7-11H2,1-2H3,(H2,17,20). The van der Waals surface area contributed by atoms with Gasteiger partial charge in [0.2, 0.25) is 0 Å². The van der Waals surface area contributed by atoms with Crippen molar-refractivity contribution in [3.63, 3.8) is 0 Å². The van der Waals surface area contributed by atoms with Crippen molar-refractivity contribution in [1.82, 2.24) is 9.80 Å². The minimum Gasteiger partial charge on any atom is -0.392 e. The lowest BCUT2D eigenvalue weighted by Gasteiger charge is -2.43. The Labute approximate surface area is 131 Å². The van der Waals surface area contributed by atoms with Crippen molar-refractivity contribution in [3.05, 3.63) is 34.9 Å². The topological polar surface area (TPSA) is 32.5 Å². The fourth-order valence-corrected chi connectivity index (χ4v) is 2.81. The maximum atomic E-state index is 6.22. The van der Waals surface area contributed by atoms with E-state index in [2.05, 4.69) is 29.7 Å². The fraction of sp³-hybridized carbons (Fsp3) is 0.533. The lowest BCUT2D eigenvalue weighted by Crippen LogP contribution is -2.59. The first-order valence-corrected chi connectivity index (χ1v) is 7.70. The van der Waals surface area contributed by atoms with Gasteiger partial charge < -0.3 is 5.73 Å². The van der Waals surface area contributed by atoms with Gasteiger partial charge in [-0.15, -0.1) is 0 Å². The fourth-order valence-electron chi connectivity index (χ4n) is 2.49. The summed E-state index contributed by atoms with van der Waals surface area (Å²) in [6.45, 7) is 9.08. The molecule has 0 atom stereocenters. The average Bonchev–Trinajstić information content (AvgIpc) is 2.42. The normalized spacial score (nSPS) is 18.1. The van der Waals surface area contributed by atoms with E-state index < -0.39 is 0 Å². The van der Waals surface area contributed by atoms with Crippen LogP contribution in [0.4, 0.5) is 0 Å². The molecule has 0 saturated carbocycles. The maximum absolute atomic E-state index is 6.22. The summed E-state index contributed by atoms with van der Waals surface area (Å²) in [5.41, 5.74) is 6.83. The lowest BCUT2D eigenvalue weighted by atomic mass is 10.0. The highest BCUT2D eigenvalue weighted by Gasteiger charge is 2.32. The zero-order valence-electron chi connectivity index (χ0n) is 12.1. The van der Waals surface area contributed by atoms with Crippen molar-refractivity contribution in [2.24, 2.45) is 5.73 Å². The van der Waals surface area contributed by atoms with Crippen LogP contribution in [0.3, 0.4) is 0 Å². The first-order chi connectivity index (χ1) is 9.41. The molecule has 0 bridgehead atoms. The molecule has 0 spiro atoms. The minimum absolute atomic E-state index is 0.203. The summed E-state index contributed by atoms with van der Waals surface area (Å²) in [5.74, 6) is 0. The molecule has 0 amide bonds. The summed E-state index contributed by atoms with van der Waals surface area (Å²) >= 11 is 11.4. The molecule has 1 fully saturated rings. The Hall–Kier alpha value is -0.680. The summed E-state index contributed by atoms with van der Waals surface area (Å²) in [6, 6.07) is 8.04. The largest absolute Gasteiger partial charge is 0.392 e. The van der Waals surface area contributed by atoms with Crippen LogP contribution in [0, 0.1) is 0 Å². The van der Waals surface area contributed by atoms with Crippen molar-refractivity contribution in [1.29, 1.82) is 0 Å². The molecule has 1 aliphatic rings. The summed E-state index contributed by atoms with van der Waals surface area (Å²) in [4.78, 5) is 5.35. The molecule has 0 radical (unpaired) electrons. The molecule has 1 aromatic carbocycles. The predicted octanol–water partition coefficient (Wildman–Crippen LogP) is 2.52. The Kier molecular flexibility index (Phi) is 5.02. The third kappa shape index (κ3) is 3.50. The highest BCUT2D eigenvalue weighted by Crippen LogP contribution is 2.21. The number of thiocarbonyl (C=S) groups is 1. The van der Waals surface area contributed by atoms with E-state index in [1.54, 1.807) is 0 Å². The number of halogens is 1. The van der Waals surface area contributed by atoms with Gasteiger partial charge in [-0.3, -0.25) is 9.80 Å². The van der Waals surface area contributed by atoms with Gasteiger partial charge in [-0.25, -0.2) is 0 Å². The second-order valence-corrected chi connectivity index (χ2v) is 6.62. The minimum atomic E-state index is -0.203. The van der Waals surface area contributed by atoms with Crippen LogP contribution in [0.25, 0.3) is 0 Å². The molecule has 2 rings (SSSR count). The molecule has 1 aliphatic heterocycles. The van der Waals surface area contributed by atoms with Gasteiger partial charge in [-0.05, 0) is 25.5 Å². The quantitative estimate of drug-likeness (QED) is 0.866. The van der Waals surface area contributed by atoms with Gasteiger partial charge in [0.1, 0.15) is 0 Å². The molecule has 0 aromatic heterocycles. The number of rotatable bonds is 4. The van der Waals surface area contributed by atoms with Crippen molar-refractivity contribution < 1.29 is 0 Å². The smallest absolute Gasteiger partial charge is 0.0928 e. The van der Waals surface area contributed by atoms with Crippen molar-refractivity contribution in [2.75, 3.05) is 26.2 Å². The third-order valence-electron chi connectivity index (χ3n) is 4.12. The Bertz CT molecular complexity index is 482. The maximum Gasteiger partial charge on any atom is 0.0928 e. The van der Waals surface area contributed by atoms with Gasteiger partial charge in [0.15, 0.2) is 0 Å². The van der Waals surface area contributed by atoms with E-state index in [1.165, 1.54) is 5.56 Å². The highest BCUT2D eigenvalue weighted by molar-refractivity contribution is 7.80. The molecule has 2 N–H and O–H groups in total. The number of piperazine rings is 1. The van der Waals surface area contributed by atoms with E-state index >= 15 is 0 Å². The molecular weight excluding hydrogens is 290 g/mol. The highest BCUT2D eigenvalue weighted by atomic mass is 35.5. The van der Waals surface area contributed by atoms with Gasteiger partial charge in [-0.2, -0.15) is 0 Å². The van der Waals surface area contributed by atoms with Crippen LogP contribution in [-0.4, -0.2) is 46.5 Å². The Morgan fingerprint density at radius 2 is 1.85 bits per heavy atom. The van der Waals surface area contributed by atoms with Crippen molar-refractivity contribution in [3.8, 4) is 0 Å². The molecule has 1 heterocycles. The van der Waals surface area contributed by atoms with Gasteiger partial charge in [-0.1, -0.05) is 42.0 Å². The monoisotopic (exact) mass is 311 g/mol. The molecule has 3 nitrogen and oxygen atoms in total. The Morgan fingerprint density at radius 3 is 2.40 bits per heavy atom. The summed E-state index contributed by atoms with van der Waals surface area (Å²) in [6.07, 6.45) is 0. The summed E-state index contributed by atoms with van der Waals surface area (Å²) < 4.78 is 0. The number of benzene rings is 1. The van der Waals surface area contributed by atoms with E-state index in [1.807, 2.05) is 18.2 Å². The van der Waals surface area contributed by atoms with Crippen LogP contribution in [0.5, 0.6) is 0 Å². The van der Waals surface area contributed by atoms with Crippen molar-refractivity contribution in [2.45, 2.75) is 25.9 Å². The van der Waals surface area contributed by atoms with Gasteiger partial charge in [0, 0.05) is 37.7 Å². The SMILES string of the molecule is CC(C)(C(N)=S)N1CCN(Cc2ccccc2Cl)CC1. The Morgan fingerprint density at radius 1 is 1.25 bits per heavy atom. The van der Waals surface area contributed by atoms with Crippen LogP contribution in [0.2, 0.25) is 5.02 Å². The molecule has 1 aromatic rings. The van der Waals surface area contributed by atoms with Gasteiger partial charge >= 0.3 is 0 Å². The molecule has 110 valence electrons. The van der Waals surface area contributed by atoms with Gasteiger partial charge in [0.05, 0.1) is 10.5 Å². The summed E-state index contributed by atoms with van der Waals surface area (Å²) in [7, 11) is 0. The van der Waals surface area contributed by atoms with Crippen LogP contribution >= 0.6 is 23.8 Å². The molecular formula is C15H22ClN3S. The molecule has 0 aliphatic carbocycles. The molecule has 0 unspecified atom stereocenters. The van der Waals surface area contributed by atoms with E-state index in [-0.39, 0.29) is 5.54 Å². The number of nitrogens with two attached hydrogens (primary N) is 1. The van der Waals surface area contributed by atoms with E-state index in [4.69, 9.17) is 29.6 Å². The third-order valence-corrected chi connectivity index (χ3v) is 4.99. The predicted molar refractivity (Wildman–Crippen MR) is 89.2 cm³/mol. The number of hydrogen-bond donors (Lipinski definition) is 1. The molecule has 1 saturated heterocycles. The lowest BCUT2D eigenvalue weighted by molar-refractivity contribution is 0.0821. The first kappa shape index (κ1) is 15.7. The molecule has 20 heavy (non-hydrogen) atoms. The van der Waals surface area contributed by atoms with Crippen molar-refractivity contribution >= 4 is 28.8 Å². The first-order valence-electron chi connectivity index (χ1n) is 6.92. The van der Waals surface area contributed by atoms with E-state index in [9.17, 15) is 0 Å². The number of nitrogens with zero attached hydrogens (tertiary/aromatic N) is 2. The summed E-state index contributed by atoms with van der Waals surface area (Å²) in [5, 5.41) is 0.846. The van der Waals surface area contributed by atoms with Crippen LogP contribution in [0.15, 0.2) is 24.3 Å². The Balaban J connectivity index is 1.92. The zero-order valence-corrected chi connectivity index (χ0v) is 13.7. The van der Waals surface area contributed by atoms with Gasteiger partial charge in [0.25, 0.3) is 0 Å². The van der Waals surface area contributed by atoms with E-state index in [0.29, 0.717) is 4.99 Å². The zero-order chi connectivity index (χ0) is 14.8. The van der Waals surface area contributed by atoms with Crippen LogP contribution in [-0.2, 0) is 6.54 Å². The second kappa shape index (κ2) is 6.39. The van der Waals surface area contributed by atoms with Crippen LogP contribution < -0.4 is 5.73 Å². The van der Waals surface area contributed by atoms with Crippen LogP contribution in [0.1, 0.15) is 19.4 Å². The molecule has 5 heteroatoms. The average molecular weight is 312 g/mol. The second-order valence-electron chi connectivity index (χ2n) is 5.78.